The van der Waals surface area contributed by atoms with Gasteiger partial charge in [-0.2, -0.15) is 0 Å². The van der Waals surface area contributed by atoms with Gasteiger partial charge < -0.3 is 9.84 Å². The first kappa shape index (κ1) is 13.1. The maximum absolute atomic E-state index is 11.2. The molecule has 0 aromatic heterocycles. The molecule has 0 aliphatic heterocycles. The molecule has 0 aliphatic carbocycles. The van der Waals surface area contributed by atoms with Crippen molar-refractivity contribution in [3.05, 3.63) is 12.7 Å². The Morgan fingerprint density at radius 1 is 1.71 bits per heavy atom. The minimum atomic E-state index is -1.02. The standard InChI is InChI=1S/C10H19NO3/c1-5-6-11-10(7-14-4,8(2)3)9(12)13/h5,8,11H,1,6-7H2,2-4H3,(H,12,13). The molecule has 0 spiro atoms. The number of carboxylic acid groups (broad SMARTS) is 1. The number of carboxylic acids is 1. The molecule has 0 aromatic rings. The summed E-state index contributed by atoms with van der Waals surface area (Å²) in [5, 5.41) is 12.1. The van der Waals surface area contributed by atoms with E-state index < -0.39 is 11.5 Å². The summed E-state index contributed by atoms with van der Waals surface area (Å²) in [6.07, 6.45) is 1.63. The molecule has 0 radical (unpaired) electrons. The van der Waals surface area contributed by atoms with Crippen LogP contribution in [0, 0.1) is 5.92 Å². The normalized spacial score (nSPS) is 15.1. The van der Waals surface area contributed by atoms with Crippen LogP contribution in [0.25, 0.3) is 0 Å². The van der Waals surface area contributed by atoms with Crippen LogP contribution < -0.4 is 5.32 Å². The van der Waals surface area contributed by atoms with Gasteiger partial charge in [0.25, 0.3) is 0 Å². The van der Waals surface area contributed by atoms with Crippen LogP contribution in [0.4, 0.5) is 0 Å². The van der Waals surface area contributed by atoms with Gasteiger partial charge in [-0.15, -0.1) is 6.58 Å². The van der Waals surface area contributed by atoms with Crippen molar-refractivity contribution in [2.24, 2.45) is 5.92 Å². The molecule has 1 unspecified atom stereocenters. The predicted octanol–water partition coefficient (Wildman–Crippen LogP) is 0.888. The zero-order valence-electron chi connectivity index (χ0n) is 9.04. The van der Waals surface area contributed by atoms with Crippen LogP contribution in [-0.4, -0.2) is 36.9 Å². The van der Waals surface area contributed by atoms with Crippen molar-refractivity contribution in [2.45, 2.75) is 19.4 Å². The lowest BCUT2D eigenvalue weighted by atomic mass is 9.87. The quantitative estimate of drug-likeness (QED) is 0.600. The van der Waals surface area contributed by atoms with Gasteiger partial charge in [-0.1, -0.05) is 19.9 Å². The fourth-order valence-electron chi connectivity index (χ4n) is 1.29. The van der Waals surface area contributed by atoms with Gasteiger partial charge in [-0.05, 0) is 5.92 Å². The third-order valence-corrected chi connectivity index (χ3v) is 2.30. The Morgan fingerprint density at radius 2 is 2.29 bits per heavy atom. The average molecular weight is 201 g/mol. The van der Waals surface area contributed by atoms with E-state index in [1.165, 1.54) is 7.11 Å². The monoisotopic (exact) mass is 201 g/mol. The summed E-state index contributed by atoms with van der Waals surface area (Å²) in [5.41, 5.74) is -1.02. The van der Waals surface area contributed by atoms with Crippen molar-refractivity contribution >= 4 is 5.97 Å². The number of hydrogen-bond acceptors (Lipinski definition) is 3. The molecule has 0 heterocycles. The molecule has 82 valence electrons. The molecule has 4 heteroatoms. The van der Waals surface area contributed by atoms with Gasteiger partial charge in [-0.3, -0.25) is 10.1 Å². The van der Waals surface area contributed by atoms with Gasteiger partial charge in [0.15, 0.2) is 0 Å². The van der Waals surface area contributed by atoms with Crippen molar-refractivity contribution in [3.63, 3.8) is 0 Å². The van der Waals surface area contributed by atoms with Gasteiger partial charge >= 0.3 is 5.97 Å². The van der Waals surface area contributed by atoms with Crippen LogP contribution in [0.5, 0.6) is 0 Å². The average Bonchev–Trinajstić information content (AvgIpc) is 2.11. The molecule has 0 saturated heterocycles. The molecule has 0 aliphatic rings. The van der Waals surface area contributed by atoms with E-state index in [4.69, 9.17) is 4.74 Å². The molecule has 0 amide bonds. The van der Waals surface area contributed by atoms with E-state index in [-0.39, 0.29) is 12.5 Å². The summed E-state index contributed by atoms with van der Waals surface area (Å²) >= 11 is 0. The summed E-state index contributed by atoms with van der Waals surface area (Å²) in [4.78, 5) is 11.2. The van der Waals surface area contributed by atoms with Crippen molar-refractivity contribution in [3.8, 4) is 0 Å². The van der Waals surface area contributed by atoms with Crippen LogP contribution in [0.3, 0.4) is 0 Å². The second kappa shape index (κ2) is 5.78. The highest BCUT2D eigenvalue weighted by molar-refractivity contribution is 5.79. The number of nitrogens with one attached hydrogen (secondary N) is 1. The summed E-state index contributed by atoms with van der Waals surface area (Å²) in [6.45, 7) is 7.85. The lowest BCUT2D eigenvalue weighted by Crippen LogP contribution is -2.59. The zero-order chi connectivity index (χ0) is 11.2. The first-order valence-electron chi connectivity index (χ1n) is 4.59. The molecule has 0 fully saturated rings. The second-order valence-electron chi connectivity index (χ2n) is 3.53. The SMILES string of the molecule is C=CCNC(COC)(C(=O)O)C(C)C. The Labute approximate surface area is 85.0 Å². The summed E-state index contributed by atoms with van der Waals surface area (Å²) in [7, 11) is 1.50. The maximum Gasteiger partial charge on any atom is 0.326 e. The molecule has 0 aromatic carbocycles. The van der Waals surface area contributed by atoms with Gasteiger partial charge in [0.2, 0.25) is 0 Å². The molecule has 2 N–H and O–H groups in total. The number of hydrogen-bond donors (Lipinski definition) is 2. The largest absolute Gasteiger partial charge is 0.480 e. The highest BCUT2D eigenvalue weighted by Gasteiger charge is 2.41. The lowest BCUT2D eigenvalue weighted by Gasteiger charge is -2.33. The van der Waals surface area contributed by atoms with Crippen LogP contribution >= 0.6 is 0 Å². The van der Waals surface area contributed by atoms with Gasteiger partial charge in [0.05, 0.1) is 6.61 Å². The number of methoxy groups -OCH3 is 1. The van der Waals surface area contributed by atoms with Crippen molar-refractivity contribution in [2.75, 3.05) is 20.3 Å². The number of carbonyl (C=O) groups is 1. The minimum absolute atomic E-state index is 0.0556. The highest BCUT2D eigenvalue weighted by atomic mass is 16.5. The summed E-state index contributed by atoms with van der Waals surface area (Å²) < 4.78 is 4.95. The smallest absolute Gasteiger partial charge is 0.326 e. The Bertz CT molecular complexity index is 204. The lowest BCUT2D eigenvalue weighted by molar-refractivity contribution is -0.149. The van der Waals surface area contributed by atoms with Crippen molar-refractivity contribution < 1.29 is 14.6 Å². The molecule has 0 rings (SSSR count). The maximum atomic E-state index is 11.2. The van der Waals surface area contributed by atoms with Crippen LogP contribution in [0.15, 0.2) is 12.7 Å². The van der Waals surface area contributed by atoms with Gasteiger partial charge in [0.1, 0.15) is 5.54 Å². The Morgan fingerprint density at radius 3 is 2.57 bits per heavy atom. The minimum Gasteiger partial charge on any atom is -0.480 e. The fourth-order valence-corrected chi connectivity index (χ4v) is 1.29. The second-order valence-corrected chi connectivity index (χ2v) is 3.53. The molecular weight excluding hydrogens is 182 g/mol. The number of rotatable bonds is 7. The van der Waals surface area contributed by atoms with Crippen LogP contribution in [0.2, 0.25) is 0 Å². The number of aliphatic carboxylic acids is 1. The van der Waals surface area contributed by atoms with Gasteiger partial charge in [0, 0.05) is 13.7 Å². The van der Waals surface area contributed by atoms with Crippen LogP contribution in [0.1, 0.15) is 13.8 Å². The van der Waals surface area contributed by atoms with E-state index in [0.717, 1.165) is 0 Å². The first-order chi connectivity index (χ1) is 6.51. The molecule has 0 bridgehead atoms. The van der Waals surface area contributed by atoms with Crippen molar-refractivity contribution in [1.82, 2.24) is 5.32 Å². The van der Waals surface area contributed by atoms with Crippen molar-refractivity contribution in [1.29, 1.82) is 0 Å². The third-order valence-electron chi connectivity index (χ3n) is 2.30. The van der Waals surface area contributed by atoms with Gasteiger partial charge in [-0.25, -0.2) is 0 Å². The van der Waals surface area contributed by atoms with E-state index in [1.54, 1.807) is 6.08 Å². The number of ether oxygens (including phenoxy) is 1. The molecule has 1 atom stereocenters. The van der Waals surface area contributed by atoms with E-state index in [9.17, 15) is 9.90 Å². The zero-order valence-corrected chi connectivity index (χ0v) is 9.04. The highest BCUT2D eigenvalue weighted by Crippen LogP contribution is 2.18. The Hall–Kier alpha value is -0.870. The Kier molecular flexibility index (Phi) is 5.42. The Balaban J connectivity index is 4.73. The predicted molar refractivity (Wildman–Crippen MR) is 55.3 cm³/mol. The molecular formula is C10H19NO3. The topological polar surface area (TPSA) is 58.6 Å². The summed E-state index contributed by atoms with van der Waals surface area (Å²) in [5.74, 6) is -0.948. The molecule has 0 saturated carbocycles. The third kappa shape index (κ3) is 2.82. The van der Waals surface area contributed by atoms with E-state index in [0.29, 0.717) is 6.54 Å². The molecule has 4 nitrogen and oxygen atoms in total. The van der Waals surface area contributed by atoms with Crippen LogP contribution in [-0.2, 0) is 9.53 Å². The summed E-state index contributed by atoms with van der Waals surface area (Å²) in [6, 6.07) is 0. The first-order valence-corrected chi connectivity index (χ1v) is 4.59. The molecule has 14 heavy (non-hydrogen) atoms. The van der Waals surface area contributed by atoms with E-state index in [1.807, 2.05) is 13.8 Å². The van der Waals surface area contributed by atoms with E-state index >= 15 is 0 Å². The van der Waals surface area contributed by atoms with E-state index in [2.05, 4.69) is 11.9 Å². The fraction of sp³-hybridized carbons (Fsp3) is 0.700.